The molecule has 25 heavy (non-hydrogen) atoms. The van der Waals surface area contributed by atoms with E-state index in [0.717, 1.165) is 11.1 Å². The summed E-state index contributed by atoms with van der Waals surface area (Å²) in [4.78, 5) is 4.41. The Labute approximate surface area is 164 Å². The van der Waals surface area contributed by atoms with Crippen molar-refractivity contribution in [2.45, 2.75) is 18.0 Å². The van der Waals surface area contributed by atoms with Crippen LogP contribution in [0.25, 0.3) is 0 Å². The van der Waals surface area contributed by atoms with Gasteiger partial charge in [-0.15, -0.1) is 24.0 Å². The second kappa shape index (κ2) is 9.71. The van der Waals surface area contributed by atoms with Gasteiger partial charge in [0, 0.05) is 26.4 Å². The maximum Gasteiger partial charge on any atom is 0.191 e. The van der Waals surface area contributed by atoms with E-state index in [0.29, 0.717) is 23.9 Å². The molecule has 0 amide bonds. The third-order valence-electron chi connectivity index (χ3n) is 3.41. The number of benzene rings is 2. The Morgan fingerprint density at radius 2 is 1.40 bits per heavy atom. The topological polar surface area (TPSA) is 70.6 Å². The van der Waals surface area contributed by atoms with E-state index >= 15 is 0 Å². The number of aliphatic imine (C=N–C) groups is 1. The standard InChI is InChI=1S/C17H20FN3O2S.HI/c1-19-17(20-11-13-3-7-15(18)8-4-13)21-12-14-5-9-16(10-6-14)24(2,22)23;/h3-10H,11-12H2,1-2H3,(H2,19,20,21);1H. The van der Waals surface area contributed by atoms with E-state index in [9.17, 15) is 12.8 Å². The zero-order chi connectivity index (χ0) is 17.6. The molecule has 0 radical (unpaired) electrons. The molecule has 8 heteroatoms. The third-order valence-corrected chi connectivity index (χ3v) is 4.54. The van der Waals surface area contributed by atoms with Crippen LogP contribution in [-0.2, 0) is 22.9 Å². The highest BCUT2D eigenvalue weighted by molar-refractivity contribution is 14.0. The second-order valence-electron chi connectivity index (χ2n) is 5.32. The van der Waals surface area contributed by atoms with E-state index in [1.165, 1.54) is 18.4 Å². The highest BCUT2D eigenvalue weighted by Gasteiger charge is 2.06. The smallest absolute Gasteiger partial charge is 0.191 e. The largest absolute Gasteiger partial charge is 0.352 e. The normalized spacial score (nSPS) is 11.6. The molecule has 136 valence electrons. The van der Waals surface area contributed by atoms with Crippen LogP contribution >= 0.6 is 24.0 Å². The van der Waals surface area contributed by atoms with Gasteiger partial charge in [0.25, 0.3) is 0 Å². The number of hydrogen-bond donors (Lipinski definition) is 2. The molecule has 2 aromatic carbocycles. The molecule has 2 aromatic rings. The number of guanidine groups is 1. The molecule has 0 aliphatic carbocycles. The molecule has 0 heterocycles. The fourth-order valence-corrected chi connectivity index (χ4v) is 2.68. The van der Waals surface area contributed by atoms with Gasteiger partial charge >= 0.3 is 0 Å². The Balaban J connectivity index is 0.00000312. The fraction of sp³-hybridized carbons (Fsp3) is 0.235. The van der Waals surface area contributed by atoms with E-state index in [4.69, 9.17) is 0 Å². The number of sulfone groups is 1. The number of rotatable bonds is 5. The lowest BCUT2D eigenvalue weighted by Crippen LogP contribution is -2.36. The van der Waals surface area contributed by atoms with Gasteiger partial charge in [0.05, 0.1) is 4.90 Å². The van der Waals surface area contributed by atoms with Crippen molar-refractivity contribution in [2.75, 3.05) is 13.3 Å². The monoisotopic (exact) mass is 477 g/mol. The maximum atomic E-state index is 12.9. The summed E-state index contributed by atoms with van der Waals surface area (Å²) >= 11 is 0. The summed E-state index contributed by atoms with van der Waals surface area (Å²) < 4.78 is 35.7. The van der Waals surface area contributed by atoms with Crippen LogP contribution in [-0.4, -0.2) is 27.7 Å². The molecule has 0 unspecified atom stereocenters. The number of halogens is 2. The molecule has 0 saturated carbocycles. The van der Waals surface area contributed by atoms with Crippen LogP contribution in [0.15, 0.2) is 58.4 Å². The minimum Gasteiger partial charge on any atom is -0.352 e. The van der Waals surface area contributed by atoms with Gasteiger partial charge in [0.2, 0.25) is 0 Å². The highest BCUT2D eigenvalue weighted by Crippen LogP contribution is 2.10. The van der Waals surface area contributed by atoms with Gasteiger partial charge in [-0.25, -0.2) is 12.8 Å². The van der Waals surface area contributed by atoms with Crippen molar-refractivity contribution in [3.8, 4) is 0 Å². The van der Waals surface area contributed by atoms with Crippen molar-refractivity contribution in [1.29, 1.82) is 0 Å². The van der Waals surface area contributed by atoms with Gasteiger partial charge in [-0.3, -0.25) is 4.99 Å². The lowest BCUT2D eigenvalue weighted by atomic mass is 10.2. The van der Waals surface area contributed by atoms with Gasteiger partial charge in [-0.05, 0) is 35.4 Å². The molecule has 2 N–H and O–H groups in total. The molecular formula is C17H21FIN3O2S. The first kappa shape index (κ1) is 21.4. The molecule has 2 rings (SSSR count). The molecule has 5 nitrogen and oxygen atoms in total. The Morgan fingerprint density at radius 1 is 0.960 bits per heavy atom. The van der Waals surface area contributed by atoms with E-state index < -0.39 is 9.84 Å². The molecule has 0 spiro atoms. The zero-order valence-electron chi connectivity index (χ0n) is 14.0. The first-order valence-electron chi connectivity index (χ1n) is 7.36. The fourth-order valence-electron chi connectivity index (χ4n) is 2.05. The summed E-state index contributed by atoms with van der Waals surface area (Å²) in [5, 5.41) is 6.27. The number of hydrogen-bond acceptors (Lipinski definition) is 3. The molecule has 0 bridgehead atoms. The predicted octanol–water partition coefficient (Wildman–Crippen LogP) is 2.71. The van der Waals surface area contributed by atoms with Crippen LogP contribution in [0.2, 0.25) is 0 Å². The summed E-state index contributed by atoms with van der Waals surface area (Å²) in [6.45, 7) is 1.03. The van der Waals surface area contributed by atoms with E-state index in [-0.39, 0.29) is 29.8 Å². The van der Waals surface area contributed by atoms with Crippen LogP contribution in [0.3, 0.4) is 0 Å². The highest BCUT2D eigenvalue weighted by atomic mass is 127. The Hall–Kier alpha value is -1.68. The van der Waals surface area contributed by atoms with Crippen LogP contribution in [0.1, 0.15) is 11.1 Å². The lowest BCUT2D eigenvalue weighted by Gasteiger charge is -2.12. The molecule has 0 aliphatic rings. The van der Waals surface area contributed by atoms with Crippen LogP contribution in [0.4, 0.5) is 4.39 Å². The van der Waals surface area contributed by atoms with Crippen molar-refractivity contribution in [3.05, 3.63) is 65.5 Å². The van der Waals surface area contributed by atoms with Crippen molar-refractivity contribution >= 4 is 39.8 Å². The summed E-state index contributed by atoms with van der Waals surface area (Å²) in [6.07, 6.45) is 1.18. The first-order valence-corrected chi connectivity index (χ1v) is 9.25. The first-order chi connectivity index (χ1) is 11.4. The Kier molecular flexibility index (Phi) is 8.30. The molecule has 0 aliphatic heterocycles. The minimum absolute atomic E-state index is 0. The van der Waals surface area contributed by atoms with Crippen LogP contribution in [0, 0.1) is 5.82 Å². The summed E-state index contributed by atoms with van der Waals surface area (Å²) in [5.74, 6) is 0.338. The zero-order valence-corrected chi connectivity index (χ0v) is 17.1. The van der Waals surface area contributed by atoms with Crippen molar-refractivity contribution < 1.29 is 12.8 Å². The quantitative estimate of drug-likeness (QED) is 0.395. The molecule has 0 atom stereocenters. The van der Waals surface area contributed by atoms with Gasteiger partial charge in [0.1, 0.15) is 5.82 Å². The summed E-state index contributed by atoms with van der Waals surface area (Å²) in [7, 11) is -1.52. The van der Waals surface area contributed by atoms with Crippen LogP contribution < -0.4 is 10.6 Å². The Morgan fingerprint density at radius 3 is 1.80 bits per heavy atom. The van der Waals surface area contributed by atoms with Gasteiger partial charge in [-0.1, -0.05) is 24.3 Å². The van der Waals surface area contributed by atoms with Gasteiger partial charge in [-0.2, -0.15) is 0 Å². The van der Waals surface area contributed by atoms with Crippen molar-refractivity contribution in [3.63, 3.8) is 0 Å². The second-order valence-corrected chi connectivity index (χ2v) is 7.34. The van der Waals surface area contributed by atoms with Crippen molar-refractivity contribution in [1.82, 2.24) is 10.6 Å². The SMILES string of the molecule is CN=C(NCc1ccc(F)cc1)NCc1ccc(S(C)(=O)=O)cc1.I. The predicted molar refractivity (Wildman–Crippen MR) is 108 cm³/mol. The third kappa shape index (κ3) is 6.99. The van der Waals surface area contributed by atoms with Crippen molar-refractivity contribution in [2.24, 2.45) is 4.99 Å². The minimum atomic E-state index is -3.18. The maximum absolute atomic E-state index is 12.9. The lowest BCUT2D eigenvalue weighted by molar-refractivity contribution is 0.602. The van der Waals surface area contributed by atoms with E-state index in [1.807, 2.05) is 0 Å². The molecule has 0 aromatic heterocycles. The number of nitrogens with zero attached hydrogens (tertiary/aromatic N) is 1. The van der Waals surface area contributed by atoms with E-state index in [1.54, 1.807) is 43.4 Å². The summed E-state index contributed by atoms with van der Waals surface area (Å²) in [5.41, 5.74) is 1.88. The molecule has 0 saturated heterocycles. The molecule has 0 fully saturated rings. The van der Waals surface area contributed by atoms with Crippen LogP contribution in [0.5, 0.6) is 0 Å². The van der Waals surface area contributed by atoms with E-state index in [2.05, 4.69) is 15.6 Å². The van der Waals surface area contributed by atoms with Gasteiger partial charge in [0.15, 0.2) is 15.8 Å². The Bertz CT molecular complexity index is 807. The van der Waals surface area contributed by atoms with Gasteiger partial charge < -0.3 is 10.6 Å². The number of nitrogens with one attached hydrogen (secondary N) is 2. The summed E-state index contributed by atoms with van der Waals surface area (Å²) in [6, 6.07) is 12.9. The average Bonchev–Trinajstić information content (AvgIpc) is 2.56. The molecular weight excluding hydrogens is 456 g/mol. The average molecular weight is 477 g/mol.